The zero-order valence-electron chi connectivity index (χ0n) is 11.5. The Labute approximate surface area is 131 Å². The summed E-state index contributed by atoms with van der Waals surface area (Å²) in [5.41, 5.74) is 6.94. The number of halogens is 1. The molecule has 0 radical (unpaired) electrons. The van der Waals surface area contributed by atoms with Gasteiger partial charge in [0.05, 0.1) is 10.8 Å². The van der Waals surface area contributed by atoms with Crippen molar-refractivity contribution in [3.8, 4) is 0 Å². The number of hydrogen-bond acceptors (Lipinski definition) is 3. The van der Waals surface area contributed by atoms with Crippen molar-refractivity contribution in [2.45, 2.75) is 4.90 Å². The molecule has 1 atom stereocenters. The van der Waals surface area contributed by atoms with Crippen LogP contribution in [0.15, 0.2) is 53.4 Å². The third kappa shape index (κ3) is 4.06. The number of hydrogen-bond donors (Lipinski definition) is 1. The highest BCUT2D eigenvalue weighted by molar-refractivity contribution is 7.85. The first kappa shape index (κ1) is 15.5. The normalized spacial score (nSPS) is 11.9. The fourth-order valence-corrected chi connectivity index (χ4v) is 3.07. The molecule has 0 saturated heterocycles. The predicted octanol–water partition coefficient (Wildman–Crippen LogP) is 2.69. The largest absolute Gasteiger partial charge is 0.399 e. The van der Waals surface area contributed by atoms with Crippen molar-refractivity contribution in [3.05, 3.63) is 53.6 Å². The number of nitrogens with zero attached hydrogens (tertiary/aromatic N) is 1. The highest BCUT2D eigenvalue weighted by atomic mass is 35.5. The molecule has 6 heteroatoms. The zero-order valence-corrected chi connectivity index (χ0v) is 13.0. The molecular formula is C15H15ClN2O2S. The summed E-state index contributed by atoms with van der Waals surface area (Å²) in [5.74, 6) is -0.334. The van der Waals surface area contributed by atoms with E-state index in [2.05, 4.69) is 0 Å². The standard InChI is InChI=1S/C15H15ClN2O2S/c1-18(13-7-5-12(17)6-8-13)15(19)10-21(20)14-4-2-3-11(16)9-14/h2-9H,10,17H2,1H3. The summed E-state index contributed by atoms with van der Waals surface area (Å²) >= 11 is 5.86. The Balaban J connectivity index is 2.07. The van der Waals surface area contributed by atoms with Crippen LogP contribution in [0, 0.1) is 0 Å². The lowest BCUT2D eigenvalue weighted by atomic mass is 10.2. The van der Waals surface area contributed by atoms with Gasteiger partial charge < -0.3 is 10.6 Å². The third-order valence-electron chi connectivity index (χ3n) is 2.97. The van der Waals surface area contributed by atoms with Crippen LogP contribution in [0.25, 0.3) is 0 Å². The first-order chi connectivity index (χ1) is 9.97. The lowest BCUT2D eigenvalue weighted by Gasteiger charge is -2.17. The molecule has 0 bridgehead atoms. The average molecular weight is 323 g/mol. The van der Waals surface area contributed by atoms with Crippen molar-refractivity contribution in [3.63, 3.8) is 0 Å². The van der Waals surface area contributed by atoms with E-state index in [1.165, 1.54) is 4.90 Å². The van der Waals surface area contributed by atoms with E-state index in [-0.39, 0.29) is 11.7 Å². The van der Waals surface area contributed by atoms with Gasteiger partial charge in [-0.1, -0.05) is 17.7 Å². The Bertz CT molecular complexity index is 674. The van der Waals surface area contributed by atoms with E-state index in [9.17, 15) is 9.00 Å². The Morgan fingerprint density at radius 1 is 1.24 bits per heavy atom. The van der Waals surface area contributed by atoms with Crippen LogP contribution in [0.1, 0.15) is 0 Å². The van der Waals surface area contributed by atoms with Gasteiger partial charge in [-0.3, -0.25) is 9.00 Å². The maximum Gasteiger partial charge on any atom is 0.239 e. The van der Waals surface area contributed by atoms with Crippen LogP contribution in [0.5, 0.6) is 0 Å². The van der Waals surface area contributed by atoms with Crippen LogP contribution in [-0.4, -0.2) is 22.9 Å². The van der Waals surface area contributed by atoms with Gasteiger partial charge in [0, 0.05) is 28.3 Å². The molecule has 0 aliphatic heterocycles. The molecule has 1 amide bonds. The molecule has 0 aromatic heterocycles. The van der Waals surface area contributed by atoms with Gasteiger partial charge in [-0.15, -0.1) is 0 Å². The molecular weight excluding hydrogens is 308 g/mol. The van der Waals surface area contributed by atoms with E-state index in [4.69, 9.17) is 17.3 Å². The first-order valence-corrected chi connectivity index (χ1v) is 7.93. The molecule has 4 nitrogen and oxygen atoms in total. The van der Waals surface area contributed by atoms with Gasteiger partial charge >= 0.3 is 0 Å². The Hall–Kier alpha value is -1.85. The highest BCUT2D eigenvalue weighted by Crippen LogP contribution is 2.17. The maximum absolute atomic E-state index is 12.2. The summed E-state index contributed by atoms with van der Waals surface area (Å²) in [6.45, 7) is 0. The van der Waals surface area contributed by atoms with E-state index in [1.54, 1.807) is 55.6 Å². The average Bonchev–Trinajstić information content (AvgIpc) is 2.47. The van der Waals surface area contributed by atoms with Crippen LogP contribution < -0.4 is 10.6 Å². The number of benzene rings is 2. The van der Waals surface area contributed by atoms with E-state index in [0.717, 1.165) is 0 Å². The SMILES string of the molecule is CN(C(=O)CS(=O)c1cccc(Cl)c1)c1ccc(N)cc1. The lowest BCUT2D eigenvalue weighted by Crippen LogP contribution is -2.30. The van der Waals surface area contributed by atoms with Gasteiger partial charge in [-0.05, 0) is 42.5 Å². The minimum absolute atomic E-state index is 0.0960. The van der Waals surface area contributed by atoms with E-state index >= 15 is 0 Å². The molecule has 0 saturated carbocycles. The van der Waals surface area contributed by atoms with Gasteiger partial charge in [0.1, 0.15) is 5.75 Å². The monoisotopic (exact) mass is 322 g/mol. The summed E-state index contributed by atoms with van der Waals surface area (Å²) < 4.78 is 12.2. The highest BCUT2D eigenvalue weighted by Gasteiger charge is 2.15. The van der Waals surface area contributed by atoms with Crippen LogP contribution in [-0.2, 0) is 15.6 Å². The topological polar surface area (TPSA) is 63.4 Å². The van der Waals surface area contributed by atoms with Crippen molar-refractivity contribution in [2.24, 2.45) is 0 Å². The van der Waals surface area contributed by atoms with Gasteiger partial charge in [-0.25, -0.2) is 0 Å². The van der Waals surface area contributed by atoms with Crippen molar-refractivity contribution >= 4 is 39.7 Å². The molecule has 0 aliphatic rings. The molecule has 2 aromatic rings. The maximum atomic E-state index is 12.2. The lowest BCUT2D eigenvalue weighted by molar-refractivity contribution is -0.115. The van der Waals surface area contributed by atoms with E-state index in [1.807, 2.05) is 0 Å². The van der Waals surface area contributed by atoms with Gasteiger partial charge in [-0.2, -0.15) is 0 Å². The zero-order chi connectivity index (χ0) is 15.4. The number of nitrogen functional groups attached to an aromatic ring is 1. The van der Waals surface area contributed by atoms with Crippen molar-refractivity contribution < 1.29 is 9.00 Å². The molecule has 21 heavy (non-hydrogen) atoms. The van der Waals surface area contributed by atoms with Crippen LogP contribution >= 0.6 is 11.6 Å². The fourth-order valence-electron chi connectivity index (χ4n) is 1.74. The molecule has 110 valence electrons. The summed E-state index contributed by atoms with van der Waals surface area (Å²) in [4.78, 5) is 14.2. The van der Waals surface area contributed by atoms with Crippen molar-refractivity contribution in [1.82, 2.24) is 0 Å². The molecule has 2 N–H and O–H groups in total. The van der Waals surface area contributed by atoms with Crippen LogP contribution in [0.2, 0.25) is 5.02 Å². The number of carbonyl (C=O) groups is 1. The number of carbonyl (C=O) groups excluding carboxylic acids is 1. The third-order valence-corrected chi connectivity index (χ3v) is 4.49. The number of anilines is 2. The van der Waals surface area contributed by atoms with E-state index < -0.39 is 10.8 Å². The first-order valence-electron chi connectivity index (χ1n) is 6.23. The Kier molecular flexibility index (Phi) is 4.98. The van der Waals surface area contributed by atoms with E-state index in [0.29, 0.717) is 21.3 Å². The quantitative estimate of drug-likeness (QED) is 0.880. The molecule has 2 rings (SSSR count). The molecule has 0 spiro atoms. The molecule has 0 heterocycles. The smallest absolute Gasteiger partial charge is 0.239 e. The van der Waals surface area contributed by atoms with Crippen molar-refractivity contribution in [2.75, 3.05) is 23.4 Å². The Morgan fingerprint density at radius 3 is 2.52 bits per heavy atom. The molecule has 0 aliphatic carbocycles. The second kappa shape index (κ2) is 6.74. The summed E-state index contributed by atoms with van der Waals surface area (Å²) in [6, 6.07) is 13.6. The minimum atomic E-state index is -1.42. The number of amides is 1. The summed E-state index contributed by atoms with van der Waals surface area (Å²) in [7, 11) is 0.219. The summed E-state index contributed by atoms with van der Waals surface area (Å²) in [5, 5.41) is 0.500. The van der Waals surface area contributed by atoms with Gasteiger partial charge in [0.2, 0.25) is 5.91 Å². The predicted molar refractivity (Wildman–Crippen MR) is 87.0 cm³/mol. The molecule has 2 aromatic carbocycles. The second-order valence-electron chi connectivity index (χ2n) is 4.49. The van der Waals surface area contributed by atoms with Gasteiger partial charge in [0.25, 0.3) is 0 Å². The number of rotatable bonds is 4. The van der Waals surface area contributed by atoms with Crippen molar-refractivity contribution in [1.29, 1.82) is 0 Å². The molecule has 1 unspecified atom stereocenters. The summed E-state index contributed by atoms with van der Waals surface area (Å²) in [6.07, 6.45) is 0. The van der Waals surface area contributed by atoms with Crippen LogP contribution in [0.3, 0.4) is 0 Å². The van der Waals surface area contributed by atoms with Gasteiger partial charge in [0.15, 0.2) is 0 Å². The Morgan fingerprint density at radius 2 is 1.90 bits per heavy atom. The van der Waals surface area contributed by atoms with Crippen LogP contribution in [0.4, 0.5) is 11.4 Å². The minimum Gasteiger partial charge on any atom is -0.399 e. The number of nitrogens with two attached hydrogens (primary N) is 1. The molecule has 0 fully saturated rings. The second-order valence-corrected chi connectivity index (χ2v) is 6.38. The fraction of sp³-hybridized carbons (Fsp3) is 0.133.